The number of nitrogens with one attached hydrogen (secondary N) is 1. The zero-order valence-corrected chi connectivity index (χ0v) is 14.9. The van der Waals surface area contributed by atoms with Crippen LogP contribution in [0.1, 0.15) is 26.4 Å². The summed E-state index contributed by atoms with van der Waals surface area (Å²) in [6.45, 7) is 1.60. The van der Waals surface area contributed by atoms with Gasteiger partial charge in [0.25, 0.3) is 10.0 Å². The lowest BCUT2D eigenvalue weighted by Crippen LogP contribution is -2.15. The van der Waals surface area contributed by atoms with Crippen molar-refractivity contribution in [2.45, 2.75) is 11.8 Å². The summed E-state index contributed by atoms with van der Waals surface area (Å²) in [5.41, 5.74) is 0.466. The standard InChI is InChI=1S/C15H17N3O6S/c1-9-13(8-16-18(9)2)25(21,22)17-12-6-10(14(19)23-3)5-11(7-12)15(20)24-4/h5-8,17H,1-4H3. The molecule has 1 aromatic carbocycles. The van der Waals surface area contributed by atoms with Crippen molar-refractivity contribution in [1.29, 1.82) is 0 Å². The van der Waals surface area contributed by atoms with E-state index >= 15 is 0 Å². The minimum absolute atomic E-state index is 0.00556. The number of esters is 2. The number of methoxy groups -OCH3 is 2. The van der Waals surface area contributed by atoms with Crippen molar-refractivity contribution in [1.82, 2.24) is 9.78 Å². The second-order valence-electron chi connectivity index (χ2n) is 5.11. The highest BCUT2D eigenvalue weighted by molar-refractivity contribution is 7.92. The molecule has 0 aliphatic carbocycles. The van der Waals surface area contributed by atoms with Crippen molar-refractivity contribution in [2.75, 3.05) is 18.9 Å². The summed E-state index contributed by atoms with van der Waals surface area (Å²) in [4.78, 5) is 23.5. The van der Waals surface area contributed by atoms with Crippen LogP contribution in [-0.4, -0.2) is 44.4 Å². The quantitative estimate of drug-likeness (QED) is 0.787. The highest BCUT2D eigenvalue weighted by Crippen LogP contribution is 2.22. The highest BCUT2D eigenvalue weighted by Gasteiger charge is 2.22. The van der Waals surface area contributed by atoms with Crippen molar-refractivity contribution in [2.24, 2.45) is 7.05 Å². The van der Waals surface area contributed by atoms with Crippen LogP contribution in [0, 0.1) is 6.92 Å². The number of sulfonamides is 1. The van der Waals surface area contributed by atoms with Gasteiger partial charge in [-0.1, -0.05) is 0 Å². The van der Waals surface area contributed by atoms with E-state index in [1.165, 1.54) is 43.3 Å². The molecule has 10 heteroatoms. The number of hydrogen-bond donors (Lipinski definition) is 1. The lowest BCUT2D eigenvalue weighted by Gasteiger charge is -2.11. The number of aromatic nitrogens is 2. The molecule has 0 unspecified atom stereocenters. The molecular weight excluding hydrogens is 350 g/mol. The maximum Gasteiger partial charge on any atom is 0.337 e. The van der Waals surface area contributed by atoms with Crippen LogP contribution in [0.2, 0.25) is 0 Å². The van der Waals surface area contributed by atoms with Crippen LogP contribution < -0.4 is 4.72 Å². The second-order valence-corrected chi connectivity index (χ2v) is 6.76. The fraction of sp³-hybridized carbons (Fsp3) is 0.267. The third-order valence-electron chi connectivity index (χ3n) is 3.51. The van der Waals surface area contributed by atoms with E-state index < -0.39 is 22.0 Å². The molecule has 134 valence electrons. The maximum absolute atomic E-state index is 12.5. The van der Waals surface area contributed by atoms with Crippen LogP contribution in [0.5, 0.6) is 0 Å². The van der Waals surface area contributed by atoms with Gasteiger partial charge in [0.05, 0.1) is 42.9 Å². The molecule has 1 heterocycles. The molecule has 1 aromatic heterocycles. The predicted molar refractivity (Wildman–Crippen MR) is 87.9 cm³/mol. The summed E-state index contributed by atoms with van der Waals surface area (Å²) in [6.07, 6.45) is 1.21. The first kappa shape index (κ1) is 18.5. The van der Waals surface area contributed by atoms with E-state index in [2.05, 4.69) is 19.3 Å². The number of rotatable bonds is 5. The molecule has 0 saturated carbocycles. The average molecular weight is 367 g/mol. The van der Waals surface area contributed by atoms with Crippen molar-refractivity contribution in [3.05, 3.63) is 41.2 Å². The fourth-order valence-corrected chi connectivity index (χ4v) is 3.36. The first-order valence-electron chi connectivity index (χ1n) is 7.02. The summed E-state index contributed by atoms with van der Waals surface area (Å²) in [5, 5.41) is 3.89. The van der Waals surface area contributed by atoms with E-state index in [9.17, 15) is 18.0 Å². The highest BCUT2D eigenvalue weighted by atomic mass is 32.2. The maximum atomic E-state index is 12.5. The minimum Gasteiger partial charge on any atom is -0.465 e. The number of hydrogen-bond acceptors (Lipinski definition) is 7. The third-order valence-corrected chi connectivity index (χ3v) is 4.99. The Morgan fingerprint density at radius 3 is 2.00 bits per heavy atom. The van der Waals surface area contributed by atoms with Gasteiger partial charge in [0.15, 0.2) is 0 Å². The van der Waals surface area contributed by atoms with Gasteiger partial charge < -0.3 is 9.47 Å². The SMILES string of the molecule is COC(=O)c1cc(NS(=O)(=O)c2cnn(C)c2C)cc(C(=O)OC)c1. The van der Waals surface area contributed by atoms with Gasteiger partial charge in [0, 0.05) is 7.05 Å². The van der Waals surface area contributed by atoms with Crippen LogP contribution in [0.4, 0.5) is 5.69 Å². The van der Waals surface area contributed by atoms with Gasteiger partial charge in [0.2, 0.25) is 0 Å². The lowest BCUT2D eigenvalue weighted by atomic mass is 10.1. The van der Waals surface area contributed by atoms with Gasteiger partial charge in [-0.05, 0) is 25.1 Å². The predicted octanol–water partition coefficient (Wildman–Crippen LogP) is 1.10. The van der Waals surface area contributed by atoms with Crippen LogP contribution in [0.25, 0.3) is 0 Å². The van der Waals surface area contributed by atoms with E-state index in [-0.39, 0.29) is 21.7 Å². The second kappa shape index (κ2) is 6.93. The molecule has 0 saturated heterocycles. The molecule has 0 aliphatic heterocycles. The van der Waals surface area contributed by atoms with Crippen LogP contribution in [0.3, 0.4) is 0 Å². The smallest absolute Gasteiger partial charge is 0.337 e. The Hall–Kier alpha value is -2.88. The molecule has 0 atom stereocenters. The van der Waals surface area contributed by atoms with Gasteiger partial charge in [-0.25, -0.2) is 18.0 Å². The van der Waals surface area contributed by atoms with E-state index in [0.29, 0.717) is 5.69 Å². The minimum atomic E-state index is -3.96. The molecule has 0 aliphatic rings. The normalized spacial score (nSPS) is 11.0. The first-order chi connectivity index (χ1) is 11.7. The molecule has 0 bridgehead atoms. The van der Waals surface area contributed by atoms with Crippen LogP contribution in [0.15, 0.2) is 29.3 Å². The summed E-state index contributed by atoms with van der Waals surface area (Å²) >= 11 is 0. The van der Waals surface area contributed by atoms with E-state index in [1.807, 2.05) is 0 Å². The average Bonchev–Trinajstić information content (AvgIpc) is 2.92. The monoisotopic (exact) mass is 367 g/mol. The summed E-state index contributed by atoms with van der Waals surface area (Å²) in [6, 6.07) is 3.79. The van der Waals surface area contributed by atoms with Gasteiger partial charge in [-0.2, -0.15) is 5.10 Å². The van der Waals surface area contributed by atoms with Gasteiger partial charge >= 0.3 is 11.9 Å². The molecule has 0 fully saturated rings. The van der Waals surface area contributed by atoms with E-state index in [1.54, 1.807) is 14.0 Å². The van der Waals surface area contributed by atoms with E-state index in [0.717, 1.165) is 0 Å². The third kappa shape index (κ3) is 3.79. The molecule has 2 rings (SSSR count). The fourth-order valence-electron chi connectivity index (χ4n) is 2.11. The number of carbonyl (C=O) groups is 2. The Morgan fingerprint density at radius 2 is 1.60 bits per heavy atom. The topological polar surface area (TPSA) is 117 Å². The Labute approximate surface area is 144 Å². The number of anilines is 1. The van der Waals surface area contributed by atoms with Gasteiger partial charge in [-0.3, -0.25) is 9.40 Å². The van der Waals surface area contributed by atoms with Crippen molar-refractivity contribution < 1.29 is 27.5 Å². The number of benzene rings is 1. The van der Waals surface area contributed by atoms with E-state index in [4.69, 9.17) is 0 Å². The van der Waals surface area contributed by atoms with Crippen LogP contribution in [-0.2, 0) is 26.5 Å². The zero-order chi connectivity index (χ0) is 18.8. The Kier molecular flexibility index (Phi) is 5.12. The molecule has 25 heavy (non-hydrogen) atoms. The van der Waals surface area contributed by atoms with Crippen molar-refractivity contribution >= 4 is 27.6 Å². The summed E-state index contributed by atoms with van der Waals surface area (Å²) in [5.74, 6) is -1.44. The first-order valence-corrected chi connectivity index (χ1v) is 8.51. The number of nitrogens with zero attached hydrogens (tertiary/aromatic N) is 2. The number of carbonyl (C=O) groups excluding carboxylic acids is 2. The molecule has 9 nitrogen and oxygen atoms in total. The lowest BCUT2D eigenvalue weighted by molar-refractivity contribution is 0.0599. The van der Waals surface area contributed by atoms with Crippen LogP contribution >= 0.6 is 0 Å². The largest absolute Gasteiger partial charge is 0.465 e. The number of ether oxygens (including phenoxy) is 2. The zero-order valence-electron chi connectivity index (χ0n) is 14.1. The molecule has 2 aromatic rings. The number of aryl methyl sites for hydroxylation is 1. The van der Waals surface area contributed by atoms with Crippen molar-refractivity contribution in [3.8, 4) is 0 Å². The summed E-state index contributed by atoms with van der Waals surface area (Å²) < 4.78 is 38.1. The molecule has 1 N–H and O–H groups in total. The van der Waals surface area contributed by atoms with Gasteiger partial charge in [0.1, 0.15) is 4.90 Å². The Bertz CT molecular complexity index is 898. The van der Waals surface area contributed by atoms with Gasteiger partial charge in [-0.15, -0.1) is 0 Å². The molecule has 0 spiro atoms. The Morgan fingerprint density at radius 1 is 1.08 bits per heavy atom. The molecular formula is C15H17N3O6S. The Balaban J connectivity index is 2.49. The summed E-state index contributed by atoms with van der Waals surface area (Å²) in [7, 11) is 0.00675. The molecule has 0 amide bonds. The molecule has 0 radical (unpaired) electrons. The van der Waals surface area contributed by atoms with Crippen molar-refractivity contribution in [3.63, 3.8) is 0 Å².